The van der Waals surface area contributed by atoms with Crippen molar-refractivity contribution < 1.29 is 0 Å². The van der Waals surface area contributed by atoms with Gasteiger partial charge in [0, 0.05) is 23.0 Å². The molecule has 0 unspecified atom stereocenters. The van der Waals surface area contributed by atoms with E-state index >= 15 is 0 Å². The average molecular weight is 219 g/mol. The Hall–Kier alpha value is -0.470. The van der Waals surface area contributed by atoms with Gasteiger partial charge in [0.25, 0.3) is 0 Å². The van der Waals surface area contributed by atoms with Crippen LogP contribution in [0.5, 0.6) is 0 Å². The highest BCUT2D eigenvalue weighted by molar-refractivity contribution is 8.00. The summed E-state index contributed by atoms with van der Waals surface area (Å²) in [6.07, 6.45) is 3.51. The molecule has 0 aromatic heterocycles. The first-order valence-corrected chi connectivity index (χ1v) is 6.87. The minimum absolute atomic E-state index is 0.146. The van der Waals surface area contributed by atoms with Gasteiger partial charge < -0.3 is 5.73 Å². The number of nitrogens with two attached hydrogens (primary N) is 1. The number of thioether (sulfide) groups is 1. The second-order valence-electron chi connectivity index (χ2n) is 4.97. The lowest BCUT2D eigenvalue weighted by Gasteiger charge is -2.28. The summed E-state index contributed by atoms with van der Waals surface area (Å²) in [6, 6.07) is 8.88. The van der Waals surface area contributed by atoms with E-state index in [9.17, 15) is 0 Å². The summed E-state index contributed by atoms with van der Waals surface area (Å²) in [5.74, 6) is 3.40. The Kier molecular flexibility index (Phi) is 2.29. The van der Waals surface area contributed by atoms with Gasteiger partial charge in [-0.2, -0.15) is 11.8 Å². The Bertz CT molecular complexity index is 367. The van der Waals surface area contributed by atoms with Crippen LogP contribution in [0, 0.1) is 0 Å². The lowest BCUT2D eigenvalue weighted by Crippen LogP contribution is -2.26. The molecule has 2 fully saturated rings. The fourth-order valence-electron chi connectivity index (χ4n) is 2.23. The molecule has 1 aliphatic heterocycles. The van der Waals surface area contributed by atoms with Crippen molar-refractivity contribution in [2.45, 2.75) is 30.7 Å². The molecule has 1 aromatic carbocycles. The smallest absolute Gasteiger partial charge is 0.0196 e. The third kappa shape index (κ3) is 1.93. The van der Waals surface area contributed by atoms with Crippen LogP contribution >= 0.6 is 11.8 Å². The van der Waals surface area contributed by atoms with Crippen molar-refractivity contribution in [2.24, 2.45) is 5.73 Å². The van der Waals surface area contributed by atoms with Crippen molar-refractivity contribution in [1.82, 2.24) is 0 Å². The Morgan fingerprint density at radius 3 is 2.60 bits per heavy atom. The number of rotatable bonds is 3. The molecule has 1 saturated carbocycles. The monoisotopic (exact) mass is 219 g/mol. The maximum atomic E-state index is 6.20. The van der Waals surface area contributed by atoms with Crippen molar-refractivity contribution in [3.8, 4) is 0 Å². The standard InChI is InChI=1S/C13H17NS/c14-13(5-6-13)7-10-3-1-2-4-12(10)11-8-15-9-11/h1-4,11H,5-9,14H2. The van der Waals surface area contributed by atoms with Crippen molar-refractivity contribution in [3.63, 3.8) is 0 Å². The average Bonchev–Trinajstić information content (AvgIpc) is 2.84. The molecule has 0 amide bonds. The molecule has 1 saturated heterocycles. The lowest BCUT2D eigenvalue weighted by atomic mass is 9.92. The van der Waals surface area contributed by atoms with Crippen LogP contribution in [0.3, 0.4) is 0 Å². The van der Waals surface area contributed by atoms with Gasteiger partial charge in [-0.1, -0.05) is 24.3 Å². The molecule has 1 nitrogen and oxygen atoms in total. The highest BCUT2D eigenvalue weighted by Crippen LogP contribution is 2.40. The predicted octanol–water partition coefficient (Wildman–Crippen LogP) is 2.55. The van der Waals surface area contributed by atoms with E-state index < -0.39 is 0 Å². The zero-order valence-corrected chi connectivity index (χ0v) is 9.72. The van der Waals surface area contributed by atoms with Crippen LogP contribution in [0.4, 0.5) is 0 Å². The minimum Gasteiger partial charge on any atom is -0.325 e. The molecule has 2 heteroatoms. The Balaban J connectivity index is 1.85. The van der Waals surface area contributed by atoms with Crippen molar-refractivity contribution in [3.05, 3.63) is 35.4 Å². The molecule has 15 heavy (non-hydrogen) atoms. The summed E-state index contributed by atoms with van der Waals surface area (Å²) in [4.78, 5) is 0. The Morgan fingerprint density at radius 1 is 1.27 bits per heavy atom. The number of benzene rings is 1. The van der Waals surface area contributed by atoms with Crippen molar-refractivity contribution in [2.75, 3.05) is 11.5 Å². The summed E-state index contributed by atoms with van der Waals surface area (Å²) in [5, 5.41) is 0. The summed E-state index contributed by atoms with van der Waals surface area (Å²) >= 11 is 2.05. The normalized spacial score (nSPS) is 23.5. The fraction of sp³-hybridized carbons (Fsp3) is 0.538. The predicted molar refractivity (Wildman–Crippen MR) is 66.4 cm³/mol. The molecule has 3 rings (SSSR count). The second-order valence-corrected chi connectivity index (χ2v) is 6.05. The zero-order valence-electron chi connectivity index (χ0n) is 8.91. The molecule has 2 aliphatic rings. The zero-order chi connectivity index (χ0) is 10.3. The maximum absolute atomic E-state index is 6.20. The molecular formula is C13H17NS. The molecule has 0 radical (unpaired) electrons. The van der Waals surface area contributed by atoms with Gasteiger partial charge in [0.2, 0.25) is 0 Å². The van der Waals surface area contributed by atoms with E-state index in [1.807, 2.05) is 0 Å². The van der Waals surface area contributed by atoms with Crippen molar-refractivity contribution in [1.29, 1.82) is 0 Å². The van der Waals surface area contributed by atoms with Crippen LogP contribution in [0.15, 0.2) is 24.3 Å². The van der Waals surface area contributed by atoms with Gasteiger partial charge in [0.15, 0.2) is 0 Å². The van der Waals surface area contributed by atoms with E-state index in [1.165, 1.54) is 29.9 Å². The number of hydrogen-bond donors (Lipinski definition) is 1. The van der Waals surface area contributed by atoms with Gasteiger partial charge in [-0.05, 0) is 30.4 Å². The largest absolute Gasteiger partial charge is 0.325 e. The molecule has 0 atom stereocenters. The molecule has 1 aliphatic carbocycles. The van der Waals surface area contributed by atoms with Gasteiger partial charge in [-0.3, -0.25) is 0 Å². The topological polar surface area (TPSA) is 26.0 Å². The molecular weight excluding hydrogens is 202 g/mol. The first-order chi connectivity index (χ1) is 7.27. The van der Waals surface area contributed by atoms with E-state index in [0.717, 1.165) is 12.3 Å². The van der Waals surface area contributed by atoms with Gasteiger partial charge in [0.1, 0.15) is 0 Å². The summed E-state index contributed by atoms with van der Waals surface area (Å²) in [6.45, 7) is 0. The molecule has 0 bridgehead atoms. The summed E-state index contributed by atoms with van der Waals surface area (Å²) in [5.41, 5.74) is 9.41. The lowest BCUT2D eigenvalue weighted by molar-refractivity contribution is 0.661. The van der Waals surface area contributed by atoms with E-state index in [1.54, 1.807) is 5.56 Å². The highest BCUT2D eigenvalue weighted by Gasteiger charge is 2.39. The maximum Gasteiger partial charge on any atom is 0.0196 e. The number of hydrogen-bond acceptors (Lipinski definition) is 2. The van der Waals surface area contributed by atoms with E-state index in [0.29, 0.717) is 0 Å². The summed E-state index contributed by atoms with van der Waals surface area (Å²) < 4.78 is 0. The van der Waals surface area contributed by atoms with Gasteiger partial charge in [0.05, 0.1) is 0 Å². The van der Waals surface area contributed by atoms with Crippen LogP contribution in [-0.2, 0) is 6.42 Å². The van der Waals surface area contributed by atoms with Crippen LogP contribution in [0.25, 0.3) is 0 Å². The molecule has 0 spiro atoms. The van der Waals surface area contributed by atoms with Gasteiger partial charge >= 0.3 is 0 Å². The Labute approximate surface area is 95.4 Å². The van der Waals surface area contributed by atoms with Crippen molar-refractivity contribution >= 4 is 11.8 Å². The van der Waals surface area contributed by atoms with Crippen LogP contribution in [0.1, 0.15) is 29.9 Å². The molecule has 1 heterocycles. The van der Waals surface area contributed by atoms with Crippen LogP contribution in [-0.4, -0.2) is 17.0 Å². The molecule has 80 valence electrons. The highest BCUT2D eigenvalue weighted by atomic mass is 32.2. The summed E-state index contributed by atoms with van der Waals surface area (Å²) in [7, 11) is 0. The second kappa shape index (κ2) is 3.53. The van der Waals surface area contributed by atoms with E-state index in [4.69, 9.17) is 5.73 Å². The van der Waals surface area contributed by atoms with E-state index in [-0.39, 0.29) is 5.54 Å². The third-order valence-corrected chi connectivity index (χ3v) is 4.84. The quantitative estimate of drug-likeness (QED) is 0.845. The fourth-order valence-corrected chi connectivity index (χ4v) is 3.06. The third-order valence-electron chi connectivity index (χ3n) is 3.57. The van der Waals surface area contributed by atoms with Gasteiger partial charge in [-0.15, -0.1) is 0 Å². The SMILES string of the molecule is NC1(Cc2ccccc2C2CSC2)CC1. The van der Waals surface area contributed by atoms with E-state index in [2.05, 4.69) is 36.0 Å². The first-order valence-electron chi connectivity index (χ1n) is 5.71. The first kappa shape index (κ1) is 9.73. The molecule has 1 aromatic rings. The van der Waals surface area contributed by atoms with Crippen LogP contribution in [0.2, 0.25) is 0 Å². The van der Waals surface area contributed by atoms with Gasteiger partial charge in [-0.25, -0.2) is 0 Å². The Morgan fingerprint density at radius 2 is 2.00 bits per heavy atom. The van der Waals surface area contributed by atoms with Crippen LogP contribution < -0.4 is 5.73 Å². The molecule has 2 N–H and O–H groups in total. The minimum atomic E-state index is 0.146.